The number of hydrogen-bond acceptors (Lipinski definition) is 0. The number of aromatic nitrogens is 4. The van der Waals surface area contributed by atoms with Crippen molar-refractivity contribution < 1.29 is 0 Å². The molecule has 0 saturated carbocycles. The fourth-order valence-electron chi connectivity index (χ4n) is 16.8. The van der Waals surface area contributed by atoms with E-state index < -0.39 is 0 Å². The SMILES string of the molecule is c1ccc(-n2c3ccc(-c4ccc(-n5c6ccc7ccccc7c6c6c7ccccc7ccc65)cc4)cc3c3c4ccccc4ccc32)cc1.c1ccc(-n2c3ccccc3c3cc(-c4ccc5cc(-n6c7ccc8ccccc8c7c7c8ccccc8ccc76)ccc5c4)ccc32)cc1. The Labute approximate surface area is 575 Å². The van der Waals surface area contributed by atoms with Crippen LogP contribution >= 0.6 is 0 Å². The lowest BCUT2D eigenvalue weighted by Gasteiger charge is -2.11. The van der Waals surface area contributed by atoms with Gasteiger partial charge in [-0.25, -0.2) is 0 Å². The molecule has 0 spiro atoms. The first-order valence-corrected chi connectivity index (χ1v) is 34.5. The van der Waals surface area contributed by atoms with Gasteiger partial charge in [0.05, 0.1) is 44.1 Å². The maximum absolute atomic E-state index is 2.45. The van der Waals surface area contributed by atoms with E-state index in [9.17, 15) is 0 Å². The Hall–Kier alpha value is -13.3. The Morgan fingerprint density at radius 3 is 0.910 bits per heavy atom. The van der Waals surface area contributed by atoms with E-state index in [1.54, 1.807) is 0 Å². The lowest BCUT2D eigenvalue weighted by Crippen LogP contribution is -1.94. The van der Waals surface area contributed by atoms with Gasteiger partial charge >= 0.3 is 0 Å². The molecule has 0 unspecified atom stereocenters. The Morgan fingerprint density at radius 2 is 0.410 bits per heavy atom. The quantitative estimate of drug-likeness (QED) is 0.158. The summed E-state index contributed by atoms with van der Waals surface area (Å²) in [6.07, 6.45) is 0. The molecular weight excluding hydrogens is 1210 g/mol. The van der Waals surface area contributed by atoms with Crippen LogP contribution in [0.2, 0.25) is 0 Å². The molecule has 100 heavy (non-hydrogen) atoms. The van der Waals surface area contributed by atoms with Gasteiger partial charge in [-0.1, -0.05) is 249 Å². The summed E-state index contributed by atoms with van der Waals surface area (Å²) in [4.78, 5) is 0. The molecule has 0 saturated heterocycles. The fourth-order valence-corrected chi connectivity index (χ4v) is 16.8. The van der Waals surface area contributed by atoms with Crippen LogP contribution in [0.1, 0.15) is 0 Å². The number of hydrogen-bond donors (Lipinski definition) is 0. The molecule has 0 atom stereocenters. The zero-order valence-electron chi connectivity index (χ0n) is 54.4. The Bertz CT molecular complexity index is 6940. The van der Waals surface area contributed by atoms with Crippen LogP contribution in [0.5, 0.6) is 0 Å². The summed E-state index contributed by atoms with van der Waals surface area (Å²) in [6, 6.07) is 133. The van der Waals surface area contributed by atoms with Gasteiger partial charge in [-0.05, 0) is 202 Å². The second kappa shape index (κ2) is 22.1. The zero-order chi connectivity index (χ0) is 65.5. The van der Waals surface area contributed by atoms with Crippen LogP contribution in [0.25, 0.3) is 197 Å². The highest BCUT2D eigenvalue weighted by molar-refractivity contribution is 6.30. The average Bonchev–Trinajstić information content (AvgIpc) is 1.56. The van der Waals surface area contributed by atoms with Gasteiger partial charge < -0.3 is 18.3 Å². The predicted octanol–water partition coefficient (Wildman–Crippen LogP) is 26.0. The van der Waals surface area contributed by atoms with E-state index >= 15 is 0 Å². The van der Waals surface area contributed by atoms with Gasteiger partial charge in [-0.2, -0.15) is 0 Å². The molecule has 0 radical (unpaired) electrons. The molecular formula is C96H60N4. The zero-order valence-corrected chi connectivity index (χ0v) is 54.4. The molecule has 4 nitrogen and oxygen atoms in total. The van der Waals surface area contributed by atoms with Crippen LogP contribution in [0.3, 0.4) is 0 Å². The van der Waals surface area contributed by atoms with E-state index in [0.29, 0.717) is 0 Å². The van der Waals surface area contributed by atoms with Crippen molar-refractivity contribution >= 4 is 152 Å². The normalized spacial score (nSPS) is 12.0. The summed E-state index contributed by atoms with van der Waals surface area (Å²) < 4.78 is 9.67. The smallest absolute Gasteiger partial charge is 0.0547 e. The fraction of sp³-hybridized carbons (Fsp3) is 0. The minimum absolute atomic E-state index is 1.16. The van der Waals surface area contributed by atoms with E-state index in [1.807, 2.05) is 0 Å². The molecule has 464 valence electrons. The molecule has 4 aromatic heterocycles. The lowest BCUT2D eigenvalue weighted by molar-refractivity contribution is 1.18. The molecule has 22 aromatic rings. The van der Waals surface area contributed by atoms with E-state index in [-0.39, 0.29) is 0 Å². The molecule has 0 bridgehead atoms. The summed E-state index contributed by atoms with van der Waals surface area (Å²) in [5.74, 6) is 0. The van der Waals surface area contributed by atoms with Gasteiger partial charge in [0.1, 0.15) is 0 Å². The standard InChI is InChI=1S/2C48H30N2/c1-2-13-36(14-3-1)49-42-26-23-35(30-41(42)46-38-15-7-4-10-32(38)20-27-43(46)49)31-18-24-37(25-19-31)50-44-28-21-33-11-5-8-16-39(33)47(44)48-40-17-9-6-12-34(40)22-29-45(48)50;1-2-12-37(13-3-1)49-43-17-9-8-16-41(43)42-30-36(23-25-44(42)49)33-18-19-35-29-38(24-20-34(35)28-33)50-45-26-21-31-10-4-6-14-39(31)47(45)48-40-15-7-5-11-32(40)22-27-46(48)50/h2*1-30H. The minimum Gasteiger partial charge on any atom is -0.309 e. The van der Waals surface area contributed by atoms with Gasteiger partial charge in [0.25, 0.3) is 0 Å². The molecule has 0 fully saturated rings. The Kier molecular flexibility index (Phi) is 12.4. The highest BCUT2D eigenvalue weighted by Gasteiger charge is 2.22. The van der Waals surface area contributed by atoms with Crippen molar-refractivity contribution in [2.45, 2.75) is 0 Å². The predicted molar refractivity (Wildman–Crippen MR) is 426 cm³/mol. The van der Waals surface area contributed by atoms with E-state index in [2.05, 4.69) is 382 Å². The first-order chi connectivity index (χ1) is 49.6. The maximum atomic E-state index is 2.45. The second-order valence-electron chi connectivity index (χ2n) is 26.7. The van der Waals surface area contributed by atoms with Crippen LogP contribution in [0.4, 0.5) is 0 Å². The van der Waals surface area contributed by atoms with Crippen LogP contribution < -0.4 is 0 Å². The molecule has 4 heteroatoms. The van der Waals surface area contributed by atoms with Crippen molar-refractivity contribution in [1.82, 2.24) is 18.3 Å². The largest absolute Gasteiger partial charge is 0.309 e. The van der Waals surface area contributed by atoms with Crippen molar-refractivity contribution in [3.05, 3.63) is 364 Å². The highest BCUT2D eigenvalue weighted by atomic mass is 15.0. The first kappa shape index (κ1) is 55.9. The number of nitrogens with zero attached hydrogens (tertiary/aromatic N) is 4. The van der Waals surface area contributed by atoms with Gasteiger partial charge in [-0.3, -0.25) is 0 Å². The molecule has 0 aliphatic rings. The number of fused-ring (bicyclic) bond motifs is 23. The average molecular weight is 1270 g/mol. The van der Waals surface area contributed by atoms with Gasteiger partial charge in [0.15, 0.2) is 0 Å². The van der Waals surface area contributed by atoms with Crippen molar-refractivity contribution in [1.29, 1.82) is 0 Å². The summed E-state index contributed by atoms with van der Waals surface area (Å²) in [7, 11) is 0. The van der Waals surface area contributed by atoms with Crippen LogP contribution in [0, 0.1) is 0 Å². The van der Waals surface area contributed by atoms with Crippen LogP contribution in [-0.2, 0) is 0 Å². The number of rotatable bonds is 6. The number of para-hydroxylation sites is 3. The maximum Gasteiger partial charge on any atom is 0.0547 e. The summed E-state index contributed by atoms with van der Waals surface area (Å²) in [5.41, 5.74) is 19.3. The molecule has 22 rings (SSSR count). The third-order valence-corrected chi connectivity index (χ3v) is 21.3. The van der Waals surface area contributed by atoms with Crippen LogP contribution in [-0.4, -0.2) is 18.3 Å². The van der Waals surface area contributed by atoms with E-state index in [0.717, 1.165) is 5.69 Å². The van der Waals surface area contributed by atoms with Crippen molar-refractivity contribution in [2.75, 3.05) is 0 Å². The van der Waals surface area contributed by atoms with Gasteiger partial charge in [0.2, 0.25) is 0 Å². The summed E-state index contributed by atoms with van der Waals surface area (Å²) in [6.45, 7) is 0. The Morgan fingerprint density at radius 1 is 0.130 bits per heavy atom. The minimum atomic E-state index is 1.16. The molecule has 0 amide bonds. The first-order valence-electron chi connectivity index (χ1n) is 34.5. The molecule has 18 aromatic carbocycles. The molecule has 4 heterocycles. The van der Waals surface area contributed by atoms with Gasteiger partial charge in [0, 0.05) is 65.8 Å². The third-order valence-electron chi connectivity index (χ3n) is 21.3. The molecule has 0 N–H and O–H groups in total. The van der Waals surface area contributed by atoms with Crippen molar-refractivity contribution in [3.8, 4) is 45.0 Å². The topological polar surface area (TPSA) is 19.7 Å². The second-order valence-corrected chi connectivity index (χ2v) is 26.7. The monoisotopic (exact) mass is 1270 g/mol. The number of benzene rings is 18. The van der Waals surface area contributed by atoms with E-state index in [1.165, 1.54) is 191 Å². The lowest BCUT2D eigenvalue weighted by atomic mass is 9.99. The Balaban J connectivity index is 0.000000131. The summed E-state index contributed by atoms with van der Waals surface area (Å²) in [5, 5.41) is 25.6. The highest BCUT2D eigenvalue weighted by Crippen LogP contribution is 2.45. The van der Waals surface area contributed by atoms with E-state index in [4.69, 9.17) is 0 Å². The molecule has 0 aliphatic heterocycles. The van der Waals surface area contributed by atoms with Gasteiger partial charge in [-0.15, -0.1) is 0 Å². The van der Waals surface area contributed by atoms with Crippen LogP contribution in [0.15, 0.2) is 364 Å². The molecule has 0 aliphatic carbocycles. The summed E-state index contributed by atoms with van der Waals surface area (Å²) >= 11 is 0. The van der Waals surface area contributed by atoms with Crippen molar-refractivity contribution in [2.24, 2.45) is 0 Å². The van der Waals surface area contributed by atoms with Crippen molar-refractivity contribution in [3.63, 3.8) is 0 Å². The third kappa shape index (κ3) is 8.54.